The van der Waals surface area contributed by atoms with Crippen LogP contribution in [0.4, 0.5) is 4.39 Å². The third-order valence-corrected chi connectivity index (χ3v) is 12.8. The smallest absolute Gasteiger partial charge is 0.164 e. The van der Waals surface area contributed by atoms with Crippen LogP contribution >= 0.6 is 0 Å². The number of halogens is 1. The number of rotatable bonds is 6. The molecular formula is C58H34FN7. The SMILES string of the molecule is N#Cc1ccc(-n2c3ccccc3c3c2c2c4ccccc4n(-c4ccc(F)cc4)c2c2c4ccccc4n(-c4ccc(-c5nc(-c6ccccc6)nc(-c6ccccc6)n5)cc4)c23)cc1. The van der Waals surface area contributed by atoms with Gasteiger partial charge in [-0.25, -0.2) is 19.3 Å². The van der Waals surface area contributed by atoms with Gasteiger partial charge >= 0.3 is 0 Å². The van der Waals surface area contributed by atoms with Crippen LogP contribution in [0.15, 0.2) is 206 Å². The van der Waals surface area contributed by atoms with Gasteiger partial charge in [0, 0.05) is 66.1 Å². The van der Waals surface area contributed by atoms with Gasteiger partial charge in [0.1, 0.15) is 5.82 Å². The molecule has 4 aromatic heterocycles. The molecule has 13 rings (SSSR count). The zero-order valence-electron chi connectivity index (χ0n) is 35.1. The summed E-state index contributed by atoms with van der Waals surface area (Å²) < 4.78 is 21.7. The van der Waals surface area contributed by atoms with E-state index in [0.717, 1.165) is 99.2 Å². The zero-order chi connectivity index (χ0) is 43.9. The number of benzene rings is 9. The van der Waals surface area contributed by atoms with E-state index in [-0.39, 0.29) is 5.82 Å². The van der Waals surface area contributed by atoms with Gasteiger partial charge in [-0.15, -0.1) is 0 Å². The fourth-order valence-corrected chi connectivity index (χ4v) is 9.93. The molecule has 0 atom stereocenters. The lowest BCUT2D eigenvalue weighted by Crippen LogP contribution is -2.00. The van der Waals surface area contributed by atoms with Gasteiger partial charge in [0.2, 0.25) is 0 Å². The fraction of sp³-hybridized carbons (Fsp3) is 0. The summed E-state index contributed by atoms with van der Waals surface area (Å²) in [6, 6.07) is 71.1. The number of nitriles is 1. The third kappa shape index (κ3) is 5.64. The molecule has 0 aliphatic rings. The predicted molar refractivity (Wildman–Crippen MR) is 264 cm³/mol. The van der Waals surface area contributed by atoms with Crippen molar-refractivity contribution >= 4 is 65.4 Å². The number of aromatic nitrogens is 6. The van der Waals surface area contributed by atoms with E-state index in [1.807, 2.05) is 97.1 Å². The van der Waals surface area contributed by atoms with Gasteiger partial charge in [-0.1, -0.05) is 115 Å². The molecule has 0 unspecified atom stereocenters. The minimum absolute atomic E-state index is 0.294. The van der Waals surface area contributed by atoms with Gasteiger partial charge < -0.3 is 13.7 Å². The van der Waals surface area contributed by atoms with Crippen LogP contribution in [0.2, 0.25) is 0 Å². The maximum Gasteiger partial charge on any atom is 0.164 e. The quantitative estimate of drug-likeness (QED) is 0.167. The Morgan fingerprint density at radius 2 is 0.667 bits per heavy atom. The zero-order valence-corrected chi connectivity index (χ0v) is 35.1. The number of fused-ring (bicyclic) bond motifs is 12. The van der Waals surface area contributed by atoms with Crippen molar-refractivity contribution in [3.63, 3.8) is 0 Å². The van der Waals surface area contributed by atoms with E-state index in [9.17, 15) is 9.65 Å². The summed E-state index contributed by atoms with van der Waals surface area (Å²) in [5, 5.41) is 16.3. The highest BCUT2D eigenvalue weighted by molar-refractivity contribution is 6.40. The van der Waals surface area contributed by atoms with Crippen LogP contribution in [0, 0.1) is 17.1 Å². The van der Waals surface area contributed by atoms with Crippen molar-refractivity contribution in [2.75, 3.05) is 0 Å². The largest absolute Gasteiger partial charge is 0.308 e. The Bertz CT molecular complexity index is 4030. The topological polar surface area (TPSA) is 77.2 Å². The Labute approximate surface area is 377 Å². The van der Waals surface area contributed by atoms with Crippen molar-refractivity contribution < 1.29 is 4.39 Å². The molecule has 0 aliphatic heterocycles. The van der Waals surface area contributed by atoms with Gasteiger partial charge in [0.15, 0.2) is 17.5 Å². The van der Waals surface area contributed by atoms with Gasteiger partial charge in [-0.2, -0.15) is 5.26 Å². The maximum absolute atomic E-state index is 14.7. The molecule has 0 bridgehead atoms. The molecule has 0 saturated heterocycles. The molecule has 0 saturated carbocycles. The lowest BCUT2D eigenvalue weighted by molar-refractivity contribution is 0.627. The molecule has 0 radical (unpaired) electrons. The average Bonchev–Trinajstić information content (AvgIpc) is 4.03. The first-order chi connectivity index (χ1) is 32.6. The van der Waals surface area contributed by atoms with E-state index in [4.69, 9.17) is 15.0 Å². The first-order valence-corrected chi connectivity index (χ1v) is 21.8. The highest BCUT2D eigenvalue weighted by atomic mass is 19.1. The van der Waals surface area contributed by atoms with E-state index in [0.29, 0.717) is 23.0 Å². The summed E-state index contributed by atoms with van der Waals surface area (Å²) >= 11 is 0. The van der Waals surface area contributed by atoms with Crippen LogP contribution in [-0.2, 0) is 0 Å². The number of para-hydroxylation sites is 3. The van der Waals surface area contributed by atoms with Crippen molar-refractivity contribution in [2.45, 2.75) is 0 Å². The lowest BCUT2D eigenvalue weighted by atomic mass is 10.0. The standard InChI is InChI=1S/C58H34FN7/c59-40-27-33-43(34-28-40)66-49-22-12-9-19-46(49)51-53-50(44-17-7-10-20-47(44)64(53)41-29-23-36(35-60)24-30-41)54-52(55(51)66)45-18-8-11-21-48(45)65(54)42-31-25-39(26-32-42)58-62-56(37-13-3-1-4-14-37)61-57(63-58)38-15-5-2-6-16-38/h1-34H. The number of hydrogen-bond acceptors (Lipinski definition) is 4. The second-order valence-electron chi connectivity index (χ2n) is 16.4. The monoisotopic (exact) mass is 847 g/mol. The third-order valence-electron chi connectivity index (χ3n) is 12.8. The van der Waals surface area contributed by atoms with Gasteiger partial charge in [0.05, 0.1) is 44.7 Å². The second kappa shape index (κ2) is 14.7. The average molecular weight is 848 g/mol. The van der Waals surface area contributed by atoms with Crippen LogP contribution in [0.5, 0.6) is 0 Å². The maximum atomic E-state index is 14.7. The van der Waals surface area contributed by atoms with Crippen LogP contribution in [0.25, 0.3) is 117 Å². The van der Waals surface area contributed by atoms with Crippen molar-refractivity contribution in [1.82, 2.24) is 28.7 Å². The Morgan fingerprint density at radius 3 is 1.05 bits per heavy atom. The van der Waals surface area contributed by atoms with Crippen LogP contribution in [0.1, 0.15) is 5.56 Å². The summed E-state index contributed by atoms with van der Waals surface area (Å²) in [6.07, 6.45) is 0. The van der Waals surface area contributed by atoms with E-state index >= 15 is 0 Å². The van der Waals surface area contributed by atoms with Crippen LogP contribution in [-0.4, -0.2) is 28.7 Å². The van der Waals surface area contributed by atoms with Crippen molar-refractivity contribution in [3.05, 3.63) is 218 Å². The Kier molecular flexibility index (Phi) is 8.32. The van der Waals surface area contributed by atoms with E-state index in [1.165, 1.54) is 12.1 Å². The van der Waals surface area contributed by atoms with Crippen molar-refractivity contribution in [2.24, 2.45) is 0 Å². The summed E-state index contributed by atoms with van der Waals surface area (Å²) in [5.74, 6) is 1.49. The summed E-state index contributed by atoms with van der Waals surface area (Å²) in [7, 11) is 0. The molecular weight excluding hydrogens is 814 g/mol. The number of hydrogen-bond donors (Lipinski definition) is 0. The minimum atomic E-state index is -0.294. The van der Waals surface area contributed by atoms with Gasteiger partial charge in [0.25, 0.3) is 0 Å². The first kappa shape index (κ1) is 37.4. The van der Waals surface area contributed by atoms with Gasteiger partial charge in [-0.05, 0) is 91.0 Å². The predicted octanol–water partition coefficient (Wildman–Crippen LogP) is 14.2. The van der Waals surface area contributed by atoms with E-state index < -0.39 is 0 Å². The molecule has 66 heavy (non-hydrogen) atoms. The summed E-state index contributed by atoms with van der Waals surface area (Å²) in [6.45, 7) is 0. The van der Waals surface area contributed by atoms with Crippen molar-refractivity contribution in [1.29, 1.82) is 5.26 Å². The summed E-state index contributed by atoms with van der Waals surface area (Å²) in [5.41, 5.74) is 12.2. The molecule has 0 spiro atoms. The Balaban J connectivity index is 1.16. The van der Waals surface area contributed by atoms with E-state index in [1.54, 1.807) is 0 Å². The molecule has 0 N–H and O–H groups in total. The van der Waals surface area contributed by atoms with Crippen LogP contribution < -0.4 is 0 Å². The molecule has 9 aromatic carbocycles. The van der Waals surface area contributed by atoms with Crippen molar-refractivity contribution in [3.8, 4) is 57.3 Å². The first-order valence-electron chi connectivity index (χ1n) is 21.8. The molecule has 8 heteroatoms. The van der Waals surface area contributed by atoms with E-state index in [2.05, 4.69) is 117 Å². The molecule has 0 aliphatic carbocycles. The normalized spacial score (nSPS) is 11.7. The highest BCUT2D eigenvalue weighted by Crippen LogP contribution is 2.50. The Hall–Kier alpha value is -9.19. The molecule has 13 aromatic rings. The molecule has 0 fully saturated rings. The molecule has 308 valence electrons. The molecule has 4 heterocycles. The summed E-state index contributed by atoms with van der Waals surface area (Å²) in [4.78, 5) is 15.0. The van der Waals surface area contributed by atoms with Gasteiger partial charge in [-0.3, -0.25) is 0 Å². The molecule has 0 amide bonds. The number of nitrogens with zero attached hydrogens (tertiary/aromatic N) is 7. The molecule has 7 nitrogen and oxygen atoms in total. The minimum Gasteiger partial charge on any atom is -0.308 e. The Morgan fingerprint density at radius 1 is 0.348 bits per heavy atom. The highest BCUT2D eigenvalue weighted by Gasteiger charge is 2.29. The van der Waals surface area contributed by atoms with Crippen LogP contribution in [0.3, 0.4) is 0 Å². The lowest BCUT2D eigenvalue weighted by Gasteiger charge is -2.14. The fourth-order valence-electron chi connectivity index (χ4n) is 9.93. The second-order valence-corrected chi connectivity index (χ2v) is 16.4.